The first-order valence-electron chi connectivity index (χ1n) is 6.73. The fourth-order valence-electron chi connectivity index (χ4n) is 2.46. The number of anilines is 1. The predicted molar refractivity (Wildman–Crippen MR) is 78.3 cm³/mol. The third-order valence-electron chi connectivity index (χ3n) is 3.42. The summed E-state index contributed by atoms with van der Waals surface area (Å²) in [7, 11) is 0. The fraction of sp³-hybridized carbons (Fsp3) is 0.500. The molecule has 0 aromatic heterocycles. The molecule has 1 N–H and O–H groups in total. The number of hydrogen-bond donors (Lipinski definition) is 1. The second kappa shape index (κ2) is 5.74. The molecule has 1 aromatic carbocycles. The molecule has 5 heteroatoms. The highest BCUT2D eigenvalue weighted by atomic mass is 32.2. The van der Waals surface area contributed by atoms with E-state index in [0.717, 1.165) is 49.0 Å². The van der Waals surface area contributed by atoms with Gasteiger partial charge in [-0.2, -0.15) is 11.8 Å². The number of ether oxygens (including phenoxy) is 1. The van der Waals surface area contributed by atoms with E-state index in [1.165, 1.54) is 0 Å². The molecule has 2 heterocycles. The Kier molecular flexibility index (Phi) is 3.82. The molecule has 0 bridgehead atoms. The average Bonchev–Trinajstić information content (AvgIpc) is 2.75. The highest BCUT2D eigenvalue weighted by Crippen LogP contribution is 2.32. The Morgan fingerprint density at radius 1 is 1.32 bits per heavy atom. The van der Waals surface area contributed by atoms with Crippen LogP contribution in [0.4, 0.5) is 5.69 Å². The van der Waals surface area contributed by atoms with Gasteiger partial charge in [0, 0.05) is 25.4 Å². The smallest absolute Gasteiger partial charge is 0.257 e. The Hall–Kier alpha value is -1.36. The molecular weight excluding hydrogens is 260 g/mol. The molecule has 1 aromatic rings. The van der Waals surface area contributed by atoms with E-state index >= 15 is 0 Å². The van der Waals surface area contributed by atoms with Crippen LogP contribution >= 0.6 is 11.8 Å². The summed E-state index contributed by atoms with van der Waals surface area (Å²) in [6.45, 7) is 3.10. The number of amides is 1. The fourth-order valence-corrected chi connectivity index (χ4v) is 3.35. The largest absolute Gasteiger partial charge is 0.489 e. The van der Waals surface area contributed by atoms with Gasteiger partial charge in [-0.3, -0.25) is 4.79 Å². The molecule has 1 saturated heterocycles. The van der Waals surface area contributed by atoms with Gasteiger partial charge in [-0.25, -0.2) is 0 Å². The lowest BCUT2D eigenvalue weighted by Crippen LogP contribution is -2.33. The Bertz CT molecular complexity index is 471. The van der Waals surface area contributed by atoms with Crippen LogP contribution in [0.25, 0.3) is 0 Å². The van der Waals surface area contributed by atoms with Crippen molar-refractivity contribution < 1.29 is 9.53 Å². The number of benzene rings is 1. The lowest BCUT2D eigenvalue weighted by atomic mass is 10.1. The van der Waals surface area contributed by atoms with Crippen molar-refractivity contribution in [2.24, 2.45) is 0 Å². The normalized spacial score (nSPS) is 18.8. The standard InChI is InChI=1S/C14H18N2O2S/c17-14(16-6-2-9-19-10-7-16)11-3-1-4-12-13(11)18-8-5-15-12/h1,3-4,15H,2,5-10H2. The maximum Gasteiger partial charge on any atom is 0.257 e. The van der Waals surface area contributed by atoms with Crippen molar-refractivity contribution in [1.82, 2.24) is 4.90 Å². The van der Waals surface area contributed by atoms with Gasteiger partial charge in [-0.05, 0) is 24.3 Å². The minimum atomic E-state index is 0.100. The highest BCUT2D eigenvalue weighted by Gasteiger charge is 2.23. The van der Waals surface area contributed by atoms with Gasteiger partial charge in [0.05, 0.1) is 11.3 Å². The first kappa shape index (κ1) is 12.7. The Balaban J connectivity index is 1.86. The van der Waals surface area contributed by atoms with Crippen LogP contribution in [0.15, 0.2) is 18.2 Å². The minimum absolute atomic E-state index is 0.100. The van der Waals surface area contributed by atoms with Gasteiger partial charge in [0.15, 0.2) is 5.75 Å². The van der Waals surface area contributed by atoms with Gasteiger partial charge in [0.1, 0.15) is 6.61 Å². The van der Waals surface area contributed by atoms with E-state index in [9.17, 15) is 4.79 Å². The molecule has 0 saturated carbocycles. The second-order valence-corrected chi connectivity index (χ2v) is 5.94. The summed E-state index contributed by atoms with van der Waals surface area (Å²) in [5, 5.41) is 3.27. The first-order valence-corrected chi connectivity index (χ1v) is 7.88. The molecule has 0 radical (unpaired) electrons. The SMILES string of the molecule is O=C(c1cccc2c1OCCN2)N1CCCSCC1. The van der Waals surface area contributed by atoms with Crippen LogP contribution in [-0.2, 0) is 0 Å². The molecule has 2 aliphatic heterocycles. The molecule has 3 rings (SSSR count). The number of fused-ring (bicyclic) bond motifs is 1. The summed E-state index contributed by atoms with van der Waals surface area (Å²) in [5.41, 5.74) is 1.62. The van der Waals surface area contributed by atoms with Crippen molar-refractivity contribution in [1.29, 1.82) is 0 Å². The molecule has 0 unspecified atom stereocenters. The van der Waals surface area contributed by atoms with Crippen LogP contribution in [0.5, 0.6) is 5.75 Å². The topological polar surface area (TPSA) is 41.6 Å². The summed E-state index contributed by atoms with van der Waals surface area (Å²) < 4.78 is 5.68. The number of rotatable bonds is 1. The molecule has 2 aliphatic rings. The number of para-hydroxylation sites is 1. The van der Waals surface area contributed by atoms with E-state index in [4.69, 9.17) is 4.74 Å². The number of carbonyl (C=O) groups is 1. The van der Waals surface area contributed by atoms with Crippen LogP contribution < -0.4 is 10.1 Å². The van der Waals surface area contributed by atoms with Crippen LogP contribution in [0, 0.1) is 0 Å². The number of thioether (sulfide) groups is 1. The van der Waals surface area contributed by atoms with Crippen molar-refractivity contribution in [3.8, 4) is 5.75 Å². The van der Waals surface area contributed by atoms with Gasteiger partial charge in [0.25, 0.3) is 5.91 Å². The lowest BCUT2D eigenvalue weighted by Gasteiger charge is -2.25. The molecule has 1 fully saturated rings. The van der Waals surface area contributed by atoms with Gasteiger partial charge >= 0.3 is 0 Å². The third kappa shape index (κ3) is 2.66. The van der Waals surface area contributed by atoms with Crippen molar-refractivity contribution in [3.63, 3.8) is 0 Å². The molecular formula is C14H18N2O2S. The molecule has 0 spiro atoms. The predicted octanol–water partition coefficient (Wildman–Crippen LogP) is 2.07. The first-order chi connectivity index (χ1) is 9.36. The molecule has 0 aliphatic carbocycles. The van der Waals surface area contributed by atoms with Crippen LogP contribution in [0.3, 0.4) is 0 Å². The molecule has 1 amide bonds. The maximum atomic E-state index is 12.6. The van der Waals surface area contributed by atoms with Crippen LogP contribution in [0.2, 0.25) is 0 Å². The van der Waals surface area contributed by atoms with Gasteiger partial charge in [-0.15, -0.1) is 0 Å². The van der Waals surface area contributed by atoms with E-state index in [-0.39, 0.29) is 5.91 Å². The Morgan fingerprint density at radius 3 is 3.21 bits per heavy atom. The van der Waals surface area contributed by atoms with E-state index in [0.29, 0.717) is 12.2 Å². The number of carbonyl (C=O) groups excluding carboxylic acids is 1. The second-order valence-electron chi connectivity index (χ2n) is 4.72. The van der Waals surface area contributed by atoms with Crippen molar-refractivity contribution >= 4 is 23.4 Å². The summed E-state index contributed by atoms with van der Waals surface area (Å²) in [5.74, 6) is 2.99. The zero-order valence-electron chi connectivity index (χ0n) is 10.9. The quantitative estimate of drug-likeness (QED) is 0.854. The number of hydrogen-bond acceptors (Lipinski definition) is 4. The Morgan fingerprint density at radius 2 is 2.26 bits per heavy atom. The molecule has 4 nitrogen and oxygen atoms in total. The van der Waals surface area contributed by atoms with Gasteiger partial charge in [0.2, 0.25) is 0 Å². The summed E-state index contributed by atoms with van der Waals surface area (Å²) in [4.78, 5) is 14.6. The molecule has 0 atom stereocenters. The van der Waals surface area contributed by atoms with Crippen molar-refractivity contribution in [2.75, 3.05) is 43.1 Å². The Labute approximate surface area is 117 Å². The third-order valence-corrected chi connectivity index (χ3v) is 4.47. The van der Waals surface area contributed by atoms with Gasteiger partial charge < -0.3 is 15.0 Å². The van der Waals surface area contributed by atoms with E-state index in [1.54, 1.807) is 0 Å². The molecule has 102 valence electrons. The monoisotopic (exact) mass is 278 g/mol. The van der Waals surface area contributed by atoms with E-state index in [1.807, 2.05) is 34.9 Å². The summed E-state index contributed by atoms with van der Waals surface area (Å²) in [6.07, 6.45) is 1.07. The summed E-state index contributed by atoms with van der Waals surface area (Å²) in [6, 6.07) is 5.75. The lowest BCUT2D eigenvalue weighted by molar-refractivity contribution is 0.0764. The number of nitrogens with one attached hydrogen (secondary N) is 1. The maximum absolute atomic E-state index is 12.6. The van der Waals surface area contributed by atoms with Gasteiger partial charge in [-0.1, -0.05) is 6.07 Å². The number of nitrogens with zero attached hydrogens (tertiary/aromatic N) is 1. The average molecular weight is 278 g/mol. The van der Waals surface area contributed by atoms with E-state index < -0.39 is 0 Å². The van der Waals surface area contributed by atoms with Crippen molar-refractivity contribution in [3.05, 3.63) is 23.8 Å². The van der Waals surface area contributed by atoms with Crippen LogP contribution in [-0.4, -0.2) is 48.6 Å². The van der Waals surface area contributed by atoms with E-state index in [2.05, 4.69) is 5.32 Å². The summed E-state index contributed by atoms with van der Waals surface area (Å²) >= 11 is 1.92. The molecule has 19 heavy (non-hydrogen) atoms. The minimum Gasteiger partial charge on any atom is -0.489 e. The van der Waals surface area contributed by atoms with Crippen LogP contribution in [0.1, 0.15) is 16.8 Å². The zero-order valence-corrected chi connectivity index (χ0v) is 11.7. The highest BCUT2D eigenvalue weighted by molar-refractivity contribution is 7.99. The van der Waals surface area contributed by atoms with Crippen molar-refractivity contribution in [2.45, 2.75) is 6.42 Å². The zero-order chi connectivity index (χ0) is 13.1.